The molecule has 1 heterocycles. The molecule has 0 aliphatic carbocycles. The zero-order valence-corrected chi connectivity index (χ0v) is 7.07. The van der Waals surface area contributed by atoms with E-state index < -0.39 is 11.5 Å². The van der Waals surface area contributed by atoms with E-state index in [1.54, 1.807) is 6.92 Å². The van der Waals surface area contributed by atoms with Gasteiger partial charge in [0.15, 0.2) is 0 Å². The molecule has 0 bridgehead atoms. The number of ether oxygens (including phenoxy) is 1. The van der Waals surface area contributed by atoms with E-state index in [0.29, 0.717) is 6.42 Å². The van der Waals surface area contributed by atoms with Crippen molar-refractivity contribution in [3.8, 4) is 6.07 Å². The summed E-state index contributed by atoms with van der Waals surface area (Å²) in [5, 5.41) is 8.70. The first kappa shape index (κ1) is 8.72. The van der Waals surface area contributed by atoms with Crippen LogP contribution < -0.4 is 0 Å². The van der Waals surface area contributed by atoms with Crippen molar-refractivity contribution in [2.24, 2.45) is 10.4 Å². The van der Waals surface area contributed by atoms with Crippen LogP contribution in [0, 0.1) is 16.7 Å². The van der Waals surface area contributed by atoms with E-state index in [9.17, 15) is 4.79 Å². The molecule has 0 fully saturated rings. The zero-order chi connectivity index (χ0) is 9.19. The summed E-state index contributed by atoms with van der Waals surface area (Å²) in [5.74, 6) is -0.370. The van der Waals surface area contributed by atoms with Crippen molar-refractivity contribution in [2.45, 2.75) is 19.4 Å². The standard InChI is InChI=1S/C8H10N2O2/c1-8(4-9)3-6(10-5-8)7(11)12-2/h5-6H,3H2,1-2H3. The summed E-state index contributed by atoms with van der Waals surface area (Å²) in [7, 11) is 1.32. The van der Waals surface area contributed by atoms with Crippen LogP contribution in [0.15, 0.2) is 4.99 Å². The van der Waals surface area contributed by atoms with Gasteiger partial charge in [-0.3, -0.25) is 4.99 Å². The Labute approximate surface area is 70.9 Å². The van der Waals surface area contributed by atoms with Gasteiger partial charge in [0.1, 0.15) is 6.04 Å². The molecule has 4 nitrogen and oxygen atoms in total. The smallest absolute Gasteiger partial charge is 0.330 e. The highest BCUT2D eigenvalue weighted by Crippen LogP contribution is 2.27. The number of nitriles is 1. The molecule has 1 rings (SSSR count). The predicted octanol–water partition coefficient (Wildman–Crippen LogP) is 0.532. The van der Waals surface area contributed by atoms with Crippen molar-refractivity contribution in [1.82, 2.24) is 0 Å². The van der Waals surface area contributed by atoms with Crippen molar-refractivity contribution in [2.75, 3.05) is 7.11 Å². The maximum absolute atomic E-state index is 11.0. The minimum Gasteiger partial charge on any atom is -0.467 e. The lowest BCUT2D eigenvalue weighted by atomic mass is 9.90. The highest BCUT2D eigenvalue weighted by Gasteiger charge is 2.35. The molecule has 12 heavy (non-hydrogen) atoms. The second-order valence-electron chi connectivity index (χ2n) is 3.05. The number of carbonyl (C=O) groups is 1. The molecule has 0 N–H and O–H groups in total. The van der Waals surface area contributed by atoms with Gasteiger partial charge in [-0.15, -0.1) is 0 Å². The van der Waals surface area contributed by atoms with Crippen molar-refractivity contribution < 1.29 is 9.53 Å². The molecule has 0 amide bonds. The number of methoxy groups -OCH3 is 1. The van der Waals surface area contributed by atoms with E-state index in [-0.39, 0.29) is 5.97 Å². The van der Waals surface area contributed by atoms with Crippen LogP contribution in [-0.4, -0.2) is 25.3 Å². The third kappa shape index (κ3) is 1.45. The minimum absolute atomic E-state index is 0.370. The highest BCUT2D eigenvalue weighted by molar-refractivity contribution is 5.83. The van der Waals surface area contributed by atoms with Crippen molar-refractivity contribution in [3.63, 3.8) is 0 Å². The molecule has 64 valence electrons. The summed E-state index contributed by atoms with van der Waals surface area (Å²) < 4.78 is 4.51. The Balaban J connectivity index is 2.66. The molecule has 0 aromatic carbocycles. The summed E-state index contributed by atoms with van der Waals surface area (Å²) in [4.78, 5) is 14.9. The van der Waals surface area contributed by atoms with Gasteiger partial charge in [-0.2, -0.15) is 5.26 Å². The first-order chi connectivity index (χ1) is 5.61. The summed E-state index contributed by atoms with van der Waals surface area (Å²) in [5.41, 5.74) is -0.598. The number of rotatable bonds is 1. The van der Waals surface area contributed by atoms with Gasteiger partial charge in [-0.25, -0.2) is 4.79 Å². The van der Waals surface area contributed by atoms with Crippen LogP contribution in [0.5, 0.6) is 0 Å². The molecule has 1 aliphatic heterocycles. The Kier molecular flexibility index (Phi) is 2.13. The highest BCUT2D eigenvalue weighted by atomic mass is 16.5. The summed E-state index contributed by atoms with van der Waals surface area (Å²) in [6.07, 6.45) is 1.95. The van der Waals surface area contributed by atoms with Crippen LogP contribution in [0.1, 0.15) is 13.3 Å². The van der Waals surface area contributed by atoms with Gasteiger partial charge >= 0.3 is 5.97 Å². The Hall–Kier alpha value is -1.37. The first-order valence-corrected chi connectivity index (χ1v) is 3.65. The van der Waals surface area contributed by atoms with Gasteiger partial charge in [0.25, 0.3) is 0 Å². The maximum atomic E-state index is 11.0. The van der Waals surface area contributed by atoms with Crippen molar-refractivity contribution >= 4 is 12.2 Å². The minimum atomic E-state index is -0.598. The van der Waals surface area contributed by atoms with E-state index >= 15 is 0 Å². The molecule has 0 spiro atoms. The molecule has 0 aromatic rings. The number of esters is 1. The van der Waals surface area contributed by atoms with Gasteiger partial charge in [0, 0.05) is 12.6 Å². The van der Waals surface area contributed by atoms with E-state index in [2.05, 4.69) is 15.8 Å². The van der Waals surface area contributed by atoms with E-state index in [1.807, 2.05) is 0 Å². The normalized spacial score (nSPS) is 32.9. The third-order valence-corrected chi connectivity index (χ3v) is 1.89. The Morgan fingerprint density at radius 2 is 2.58 bits per heavy atom. The average molecular weight is 166 g/mol. The van der Waals surface area contributed by atoms with Gasteiger partial charge < -0.3 is 4.74 Å². The van der Waals surface area contributed by atoms with Crippen LogP contribution in [0.2, 0.25) is 0 Å². The summed E-state index contributed by atoms with van der Waals surface area (Å²) >= 11 is 0. The fourth-order valence-electron chi connectivity index (χ4n) is 1.12. The number of carbonyl (C=O) groups excluding carboxylic acids is 1. The molecule has 2 unspecified atom stereocenters. The number of aliphatic imine (C=N–C) groups is 1. The second-order valence-corrected chi connectivity index (χ2v) is 3.05. The summed E-state index contributed by atoms with van der Waals surface area (Å²) in [6, 6.07) is 1.61. The van der Waals surface area contributed by atoms with Crippen molar-refractivity contribution in [1.29, 1.82) is 5.26 Å². The lowest BCUT2D eigenvalue weighted by molar-refractivity contribution is -0.142. The van der Waals surface area contributed by atoms with Crippen LogP contribution in [0.4, 0.5) is 0 Å². The van der Waals surface area contributed by atoms with E-state index in [4.69, 9.17) is 5.26 Å². The van der Waals surface area contributed by atoms with Crippen molar-refractivity contribution in [3.05, 3.63) is 0 Å². The van der Waals surface area contributed by atoms with Gasteiger partial charge in [-0.05, 0) is 6.92 Å². The number of hydrogen-bond donors (Lipinski definition) is 0. The molecular weight excluding hydrogens is 156 g/mol. The van der Waals surface area contributed by atoms with Crippen LogP contribution >= 0.6 is 0 Å². The Bertz CT molecular complexity index is 267. The topological polar surface area (TPSA) is 62.5 Å². The number of hydrogen-bond acceptors (Lipinski definition) is 4. The largest absolute Gasteiger partial charge is 0.467 e. The second kappa shape index (κ2) is 2.94. The molecule has 2 atom stereocenters. The van der Waals surface area contributed by atoms with Gasteiger partial charge in [0.2, 0.25) is 0 Å². The predicted molar refractivity (Wildman–Crippen MR) is 42.6 cm³/mol. The van der Waals surface area contributed by atoms with Gasteiger partial charge in [0.05, 0.1) is 18.6 Å². The molecule has 0 aromatic heterocycles. The quantitative estimate of drug-likeness (QED) is 0.534. The maximum Gasteiger partial charge on any atom is 0.330 e. The van der Waals surface area contributed by atoms with E-state index in [0.717, 1.165) is 0 Å². The average Bonchev–Trinajstić information content (AvgIpc) is 2.48. The van der Waals surface area contributed by atoms with Gasteiger partial charge in [-0.1, -0.05) is 0 Å². The third-order valence-electron chi connectivity index (χ3n) is 1.89. The lowest BCUT2D eigenvalue weighted by Gasteiger charge is -2.10. The Morgan fingerprint density at radius 1 is 1.92 bits per heavy atom. The molecule has 0 radical (unpaired) electrons. The molecule has 0 saturated heterocycles. The zero-order valence-electron chi connectivity index (χ0n) is 7.07. The van der Waals surface area contributed by atoms with Crippen LogP contribution in [0.3, 0.4) is 0 Å². The fourth-order valence-corrected chi connectivity index (χ4v) is 1.12. The Morgan fingerprint density at radius 3 is 3.00 bits per heavy atom. The number of nitrogens with zero attached hydrogens (tertiary/aromatic N) is 2. The summed E-state index contributed by atoms with van der Waals surface area (Å²) in [6.45, 7) is 1.75. The first-order valence-electron chi connectivity index (χ1n) is 3.65. The fraction of sp³-hybridized carbons (Fsp3) is 0.625. The lowest BCUT2D eigenvalue weighted by Crippen LogP contribution is -2.22. The molecular formula is C8H10N2O2. The van der Waals surface area contributed by atoms with Crippen LogP contribution in [-0.2, 0) is 9.53 Å². The molecule has 1 aliphatic rings. The molecule has 4 heteroatoms. The monoisotopic (exact) mass is 166 g/mol. The van der Waals surface area contributed by atoms with E-state index in [1.165, 1.54) is 13.3 Å². The molecule has 0 saturated carbocycles. The SMILES string of the molecule is COC(=O)C1CC(C)(C#N)C=N1. The van der Waals surface area contributed by atoms with Crippen LogP contribution in [0.25, 0.3) is 0 Å².